The number of carboxylic acids is 1. The number of aliphatic carboxylic acids is 1. The van der Waals surface area contributed by atoms with Crippen molar-refractivity contribution in [2.75, 3.05) is 13.7 Å². The number of carbonyl (C=O) groups excluding carboxylic acids is 2. The van der Waals surface area contributed by atoms with Crippen LogP contribution in [0.15, 0.2) is 29.2 Å². The lowest BCUT2D eigenvalue weighted by Gasteiger charge is -2.15. The molecule has 0 unspecified atom stereocenters. The summed E-state index contributed by atoms with van der Waals surface area (Å²) in [4.78, 5) is 36.8. The predicted octanol–water partition coefficient (Wildman–Crippen LogP) is 1.88. The average Bonchev–Trinajstić information content (AvgIpc) is 2.87. The first-order chi connectivity index (χ1) is 12.3. The molecule has 0 aromatic heterocycles. The lowest BCUT2D eigenvalue weighted by molar-refractivity contribution is -0.141. The summed E-state index contributed by atoms with van der Waals surface area (Å²) in [6, 6.07) is 6.25. The number of thioether (sulfide) groups is 1. The van der Waals surface area contributed by atoms with Crippen molar-refractivity contribution in [3.05, 3.63) is 34.7 Å². The van der Waals surface area contributed by atoms with Crippen molar-refractivity contribution in [2.45, 2.75) is 19.4 Å². The minimum Gasteiger partial charge on any atom is -0.497 e. The second kappa shape index (κ2) is 8.81. The Balaban J connectivity index is 1.98. The van der Waals surface area contributed by atoms with Gasteiger partial charge in [-0.05, 0) is 30.7 Å². The Kier molecular flexibility index (Phi) is 6.76. The van der Waals surface area contributed by atoms with Gasteiger partial charge >= 0.3 is 5.97 Å². The van der Waals surface area contributed by atoms with Gasteiger partial charge in [0.05, 0.1) is 12.0 Å². The molecule has 0 saturated carbocycles. The molecule has 26 heavy (non-hydrogen) atoms. The van der Waals surface area contributed by atoms with E-state index in [-0.39, 0.29) is 18.9 Å². The molecule has 0 aliphatic carbocycles. The molecular formula is C17H18N2O5S2. The summed E-state index contributed by atoms with van der Waals surface area (Å²) in [5.41, 5.74) is 0.833. The Labute approximate surface area is 160 Å². The van der Waals surface area contributed by atoms with Crippen LogP contribution in [0.3, 0.4) is 0 Å². The average molecular weight is 394 g/mol. The predicted molar refractivity (Wildman–Crippen MR) is 103 cm³/mol. The van der Waals surface area contributed by atoms with Crippen LogP contribution in [0.4, 0.5) is 0 Å². The molecule has 1 fully saturated rings. The molecule has 1 atom stereocenters. The molecule has 1 aromatic carbocycles. The molecule has 1 aliphatic rings. The number of hydrogen-bond acceptors (Lipinski definition) is 6. The van der Waals surface area contributed by atoms with E-state index in [4.69, 9.17) is 22.1 Å². The fourth-order valence-corrected chi connectivity index (χ4v) is 3.44. The summed E-state index contributed by atoms with van der Waals surface area (Å²) in [5.74, 6) is -1.12. The second-order valence-corrected chi connectivity index (χ2v) is 7.16. The van der Waals surface area contributed by atoms with Crippen LogP contribution >= 0.6 is 24.0 Å². The largest absolute Gasteiger partial charge is 0.497 e. The minimum absolute atomic E-state index is 0.0279. The molecule has 9 heteroatoms. The third-order valence-corrected chi connectivity index (χ3v) is 4.98. The van der Waals surface area contributed by atoms with Crippen LogP contribution in [0, 0.1) is 0 Å². The van der Waals surface area contributed by atoms with Gasteiger partial charge in [-0.2, -0.15) is 0 Å². The molecule has 1 aliphatic heterocycles. The van der Waals surface area contributed by atoms with E-state index in [2.05, 4.69) is 5.32 Å². The van der Waals surface area contributed by atoms with E-state index in [1.165, 1.54) is 23.6 Å². The van der Waals surface area contributed by atoms with Crippen molar-refractivity contribution < 1.29 is 24.2 Å². The van der Waals surface area contributed by atoms with Gasteiger partial charge in [-0.15, -0.1) is 0 Å². The number of carboxylic acid groups (broad SMARTS) is 1. The van der Waals surface area contributed by atoms with E-state index in [1.54, 1.807) is 25.3 Å². The molecule has 1 saturated heterocycles. The van der Waals surface area contributed by atoms with Crippen LogP contribution in [0.25, 0.3) is 6.08 Å². The Morgan fingerprint density at radius 2 is 2.04 bits per heavy atom. The summed E-state index contributed by atoms with van der Waals surface area (Å²) in [6.07, 6.45) is 1.70. The van der Waals surface area contributed by atoms with Crippen LogP contribution in [-0.2, 0) is 14.4 Å². The normalized spacial score (nSPS) is 16.7. The van der Waals surface area contributed by atoms with E-state index >= 15 is 0 Å². The summed E-state index contributed by atoms with van der Waals surface area (Å²) in [5, 5.41) is 11.1. The number of hydrogen-bond donors (Lipinski definition) is 2. The first-order valence-corrected chi connectivity index (χ1v) is 8.96. The van der Waals surface area contributed by atoms with Gasteiger partial charge in [-0.3, -0.25) is 19.3 Å². The lowest BCUT2D eigenvalue weighted by Crippen LogP contribution is -2.40. The highest BCUT2D eigenvalue weighted by molar-refractivity contribution is 8.26. The van der Waals surface area contributed by atoms with Crippen LogP contribution in [0.2, 0.25) is 0 Å². The zero-order valence-corrected chi connectivity index (χ0v) is 15.9. The quantitative estimate of drug-likeness (QED) is 0.538. The van der Waals surface area contributed by atoms with Gasteiger partial charge in [0.1, 0.15) is 16.1 Å². The SMILES string of the molecule is COc1ccc(/C=C2/SC(=S)N(CCC(=O)N[C@H](C)C(=O)O)C2=O)cc1. The topological polar surface area (TPSA) is 95.9 Å². The van der Waals surface area contributed by atoms with E-state index < -0.39 is 17.9 Å². The van der Waals surface area contributed by atoms with Crippen molar-refractivity contribution in [3.63, 3.8) is 0 Å². The highest BCUT2D eigenvalue weighted by Gasteiger charge is 2.32. The standard InChI is InChI=1S/C17H18N2O5S2/c1-10(16(22)23)18-14(20)7-8-19-15(21)13(26-17(19)25)9-11-3-5-12(24-2)6-4-11/h3-6,9-10H,7-8H2,1-2H3,(H,18,20)(H,22,23)/b13-9+/t10-/m1/s1. The highest BCUT2D eigenvalue weighted by atomic mass is 32.2. The van der Waals surface area contributed by atoms with Crippen molar-refractivity contribution >= 4 is 52.2 Å². The molecule has 1 aromatic rings. The van der Waals surface area contributed by atoms with Crippen LogP contribution in [0.1, 0.15) is 18.9 Å². The number of ether oxygens (including phenoxy) is 1. The number of nitrogens with one attached hydrogen (secondary N) is 1. The van der Waals surface area contributed by atoms with Crippen LogP contribution in [0.5, 0.6) is 5.75 Å². The van der Waals surface area contributed by atoms with E-state index in [0.717, 1.165) is 11.3 Å². The fraction of sp³-hybridized carbons (Fsp3) is 0.294. The minimum atomic E-state index is -1.12. The molecule has 1 heterocycles. The molecule has 2 N–H and O–H groups in total. The Hall–Kier alpha value is -2.39. The third kappa shape index (κ3) is 5.06. The van der Waals surface area contributed by atoms with Crippen molar-refractivity contribution in [2.24, 2.45) is 0 Å². The molecule has 2 rings (SSSR count). The van der Waals surface area contributed by atoms with E-state index in [0.29, 0.717) is 9.23 Å². The lowest BCUT2D eigenvalue weighted by atomic mass is 10.2. The third-order valence-electron chi connectivity index (χ3n) is 3.60. The summed E-state index contributed by atoms with van der Waals surface area (Å²) < 4.78 is 5.46. The van der Waals surface area contributed by atoms with E-state index in [1.807, 2.05) is 12.1 Å². The summed E-state index contributed by atoms with van der Waals surface area (Å²) in [7, 11) is 1.58. The number of benzene rings is 1. The van der Waals surface area contributed by atoms with Gasteiger partial charge in [0.15, 0.2) is 0 Å². The molecule has 0 bridgehead atoms. The first-order valence-electron chi connectivity index (χ1n) is 7.73. The molecule has 7 nitrogen and oxygen atoms in total. The summed E-state index contributed by atoms with van der Waals surface area (Å²) >= 11 is 6.38. The zero-order valence-electron chi connectivity index (χ0n) is 14.2. The van der Waals surface area contributed by atoms with E-state index in [9.17, 15) is 14.4 Å². The van der Waals surface area contributed by atoms with Crippen molar-refractivity contribution in [3.8, 4) is 5.75 Å². The zero-order chi connectivity index (χ0) is 19.3. The Morgan fingerprint density at radius 1 is 1.38 bits per heavy atom. The van der Waals surface area contributed by atoms with Gasteiger partial charge in [0, 0.05) is 13.0 Å². The highest BCUT2D eigenvalue weighted by Crippen LogP contribution is 2.32. The Bertz CT molecular complexity index is 761. The molecule has 0 radical (unpaired) electrons. The number of methoxy groups -OCH3 is 1. The maximum atomic E-state index is 12.5. The van der Waals surface area contributed by atoms with Gasteiger partial charge in [-0.1, -0.05) is 36.1 Å². The number of carbonyl (C=O) groups is 3. The second-order valence-electron chi connectivity index (χ2n) is 5.48. The Morgan fingerprint density at radius 3 is 2.62 bits per heavy atom. The van der Waals surface area contributed by atoms with Gasteiger partial charge in [-0.25, -0.2) is 0 Å². The maximum absolute atomic E-state index is 12.5. The molecule has 138 valence electrons. The molecule has 2 amide bonds. The first kappa shape index (κ1) is 19.9. The summed E-state index contributed by atoms with van der Waals surface area (Å²) in [6.45, 7) is 1.47. The van der Waals surface area contributed by atoms with Crippen molar-refractivity contribution in [1.82, 2.24) is 10.2 Å². The molecular weight excluding hydrogens is 376 g/mol. The van der Waals surface area contributed by atoms with Gasteiger partial charge < -0.3 is 15.2 Å². The fourth-order valence-electron chi connectivity index (χ4n) is 2.13. The molecule has 0 spiro atoms. The maximum Gasteiger partial charge on any atom is 0.325 e. The smallest absolute Gasteiger partial charge is 0.325 e. The van der Waals surface area contributed by atoms with Crippen LogP contribution < -0.4 is 10.1 Å². The number of rotatable bonds is 7. The number of amides is 2. The van der Waals surface area contributed by atoms with Gasteiger partial charge in [0.25, 0.3) is 5.91 Å². The number of nitrogens with zero attached hydrogens (tertiary/aromatic N) is 1. The van der Waals surface area contributed by atoms with Crippen molar-refractivity contribution in [1.29, 1.82) is 0 Å². The van der Waals surface area contributed by atoms with Gasteiger partial charge in [0.2, 0.25) is 5.91 Å². The monoisotopic (exact) mass is 394 g/mol. The van der Waals surface area contributed by atoms with Crippen LogP contribution in [-0.4, -0.2) is 51.8 Å². The number of thiocarbonyl (C=S) groups is 1.